The van der Waals surface area contributed by atoms with Gasteiger partial charge in [0.1, 0.15) is 0 Å². The number of fused-ring (bicyclic) bond motifs is 1. The molecule has 0 spiro atoms. The monoisotopic (exact) mass is 347 g/mol. The lowest BCUT2D eigenvalue weighted by Gasteiger charge is -2.29. The third-order valence-corrected chi connectivity index (χ3v) is 5.81. The summed E-state index contributed by atoms with van der Waals surface area (Å²) in [5.41, 5.74) is 1.81. The Morgan fingerprint density at radius 3 is 2.74 bits per heavy atom. The summed E-state index contributed by atoms with van der Waals surface area (Å²) in [7, 11) is 0. The van der Waals surface area contributed by atoms with Gasteiger partial charge in [0.2, 0.25) is 0 Å². The summed E-state index contributed by atoms with van der Waals surface area (Å²) in [5, 5.41) is 3.65. The van der Waals surface area contributed by atoms with Crippen LogP contribution in [0.2, 0.25) is 0 Å². The highest BCUT2D eigenvalue weighted by Crippen LogP contribution is 2.29. The van der Waals surface area contributed by atoms with Crippen molar-refractivity contribution in [2.24, 2.45) is 0 Å². The summed E-state index contributed by atoms with van der Waals surface area (Å²) in [5.74, 6) is -0.0931. The van der Waals surface area contributed by atoms with Gasteiger partial charge in [0, 0.05) is 40.9 Å². The van der Waals surface area contributed by atoms with Gasteiger partial charge < -0.3 is 0 Å². The van der Waals surface area contributed by atoms with Crippen LogP contribution in [0.4, 0.5) is 5.13 Å². The number of benzene rings is 1. The minimum Gasteiger partial charge on any atom is -0.298 e. The molecule has 122 valence electrons. The van der Waals surface area contributed by atoms with Gasteiger partial charge >= 0.3 is 0 Å². The number of amides is 1. The van der Waals surface area contributed by atoms with Crippen LogP contribution in [0.15, 0.2) is 29.2 Å². The van der Waals surface area contributed by atoms with Crippen LogP contribution in [0.3, 0.4) is 0 Å². The molecule has 0 saturated heterocycles. The third-order valence-electron chi connectivity index (χ3n) is 4.06. The molecule has 1 aliphatic heterocycles. The molecule has 1 aromatic heterocycles. The van der Waals surface area contributed by atoms with Crippen molar-refractivity contribution in [3.63, 3.8) is 0 Å². The Labute approximate surface area is 145 Å². The standard InChI is InChI=1S/C17H21N3OS2/c1-11(2)20-9-8-14-15(10-20)23-17(18-14)19-16(21)12-4-6-13(22-3)7-5-12/h4-7,11H,8-10H2,1-3H3,(H,18,19,21). The molecule has 0 radical (unpaired) electrons. The Balaban J connectivity index is 1.70. The van der Waals surface area contributed by atoms with Crippen LogP contribution in [0.25, 0.3) is 0 Å². The molecule has 1 aromatic carbocycles. The minimum absolute atomic E-state index is 0.0931. The maximum atomic E-state index is 12.3. The number of thiazole rings is 1. The van der Waals surface area contributed by atoms with E-state index in [1.165, 1.54) is 4.88 Å². The lowest BCUT2D eigenvalue weighted by molar-refractivity contribution is 0.102. The fourth-order valence-corrected chi connectivity index (χ4v) is 4.06. The molecule has 1 N–H and O–H groups in total. The second kappa shape index (κ2) is 7.03. The van der Waals surface area contributed by atoms with Crippen molar-refractivity contribution in [1.29, 1.82) is 0 Å². The van der Waals surface area contributed by atoms with Gasteiger partial charge in [-0.05, 0) is 44.4 Å². The third kappa shape index (κ3) is 3.76. The Hall–Kier alpha value is -1.37. The second-order valence-electron chi connectivity index (χ2n) is 5.89. The number of rotatable bonds is 4. The molecule has 0 fully saturated rings. The topological polar surface area (TPSA) is 45.2 Å². The highest BCUT2D eigenvalue weighted by molar-refractivity contribution is 7.98. The van der Waals surface area contributed by atoms with E-state index >= 15 is 0 Å². The maximum Gasteiger partial charge on any atom is 0.257 e. The van der Waals surface area contributed by atoms with E-state index in [2.05, 4.69) is 29.0 Å². The van der Waals surface area contributed by atoms with Crippen molar-refractivity contribution in [2.75, 3.05) is 18.1 Å². The SMILES string of the molecule is CSc1ccc(C(=O)Nc2nc3c(s2)CN(C(C)C)CC3)cc1. The van der Waals surface area contributed by atoms with Crippen LogP contribution >= 0.6 is 23.1 Å². The lowest BCUT2D eigenvalue weighted by atomic mass is 10.1. The number of hydrogen-bond donors (Lipinski definition) is 1. The Kier molecular flexibility index (Phi) is 5.04. The molecule has 1 aliphatic rings. The van der Waals surface area contributed by atoms with Crippen molar-refractivity contribution in [2.45, 2.75) is 37.8 Å². The van der Waals surface area contributed by atoms with Crippen LogP contribution in [0.5, 0.6) is 0 Å². The molecular formula is C17H21N3OS2. The molecule has 0 unspecified atom stereocenters. The molecule has 0 bridgehead atoms. The van der Waals surface area contributed by atoms with Gasteiger partial charge in [-0.1, -0.05) is 0 Å². The molecule has 0 aliphatic carbocycles. The van der Waals surface area contributed by atoms with E-state index in [0.29, 0.717) is 16.7 Å². The number of aromatic nitrogens is 1. The molecule has 4 nitrogen and oxygen atoms in total. The molecular weight excluding hydrogens is 326 g/mol. The van der Waals surface area contributed by atoms with E-state index in [0.717, 1.165) is 30.1 Å². The quantitative estimate of drug-likeness (QED) is 0.853. The lowest BCUT2D eigenvalue weighted by Crippen LogP contribution is -2.35. The van der Waals surface area contributed by atoms with Crippen LogP contribution in [-0.2, 0) is 13.0 Å². The highest BCUT2D eigenvalue weighted by atomic mass is 32.2. The number of nitrogens with zero attached hydrogens (tertiary/aromatic N) is 2. The Bertz CT molecular complexity index is 694. The van der Waals surface area contributed by atoms with Crippen molar-refractivity contribution in [3.05, 3.63) is 40.4 Å². The number of anilines is 1. The molecule has 0 atom stereocenters. The van der Waals surface area contributed by atoms with Gasteiger partial charge in [0.15, 0.2) is 5.13 Å². The summed E-state index contributed by atoms with van der Waals surface area (Å²) in [4.78, 5) is 21.8. The molecule has 3 rings (SSSR count). The number of hydrogen-bond acceptors (Lipinski definition) is 5. The fourth-order valence-electron chi connectivity index (χ4n) is 2.62. The maximum absolute atomic E-state index is 12.3. The zero-order valence-corrected chi connectivity index (χ0v) is 15.3. The zero-order valence-electron chi connectivity index (χ0n) is 13.6. The van der Waals surface area contributed by atoms with Crippen molar-refractivity contribution < 1.29 is 4.79 Å². The summed E-state index contributed by atoms with van der Waals surface area (Å²) < 4.78 is 0. The average molecular weight is 348 g/mol. The predicted octanol–water partition coefficient (Wildman–Crippen LogP) is 3.88. The van der Waals surface area contributed by atoms with Crippen molar-refractivity contribution in [3.8, 4) is 0 Å². The van der Waals surface area contributed by atoms with Gasteiger partial charge in [-0.15, -0.1) is 23.1 Å². The zero-order chi connectivity index (χ0) is 16.4. The Morgan fingerprint density at radius 1 is 1.35 bits per heavy atom. The molecule has 6 heteroatoms. The smallest absolute Gasteiger partial charge is 0.257 e. The molecule has 0 saturated carbocycles. The number of carbonyl (C=O) groups is 1. The average Bonchev–Trinajstić information content (AvgIpc) is 2.96. The van der Waals surface area contributed by atoms with Gasteiger partial charge in [-0.2, -0.15) is 0 Å². The van der Waals surface area contributed by atoms with E-state index < -0.39 is 0 Å². The summed E-state index contributed by atoms with van der Waals surface area (Å²) in [6.45, 7) is 6.40. The highest BCUT2D eigenvalue weighted by Gasteiger charge is 2.22. The summed E-state index contributed by atoms with van der Waals surface area (Å²) in [6, 6.07) is 8.18. The minimum atomic E-state index is -0.0931. The van der Waals surface area contributed by atoms with Crippen LogP contribution in [-0.4, -0.2) is 34.6 Å². The number of nitrogens with one attached hydrogen (secondary N) is 1. The van der Waals surface area contributed by atoms with E-state index in [-0.39, 0.29) is 5.91 Å². The van der Waals surface area contributed by atoms with Gasteiger partial charge in [-0.25, -0.2) is 4.98 Å². The first-order chi connectivity index (χ1) is 11.1. The van der Waals surface area contributed by atoms with Crippen LogP contribution < -0.4 is 5.32 Å². The van der Waals surface area contributed by atoms with E-state index in [4.69, 9.17) is 0 Å². The van der Waals surface area contributed by atoms with Crippen LogP contribution in [0, 0.1) is 0 Å². The van der Waals surface area contributed by atoms with Crippen molar-refractivity contribution in [1.82, 2.24) is 9.88 Å². The van der Waals surface area contributed by atoms with Gasteiger partial charge in [-0.3, -0.25) is 15.0 Å². The Morgan fingerprint density at radius 2 is 2.09 bits per heavy atom. The summed E-state index contributed by atoms with van der Waals surface area (Å²) >= 11 is 3.27. The fraction of sp³-hybridized carbons (Fsp3) is 0.412. The van der Waals surface area contributed by atoms with Crippen molar-refractivity contribution >= 4 is 34.1 Å². The van der Waals surface area contributed by atoms with E-state index in [1.807, 2.05) is 30.5 Å². The molecule has 23 heavy (non-hydrogen) atoms. The molecule has 2 heterocycles. The van der Waals surface area contributed by atoms with E-state index in [9.17, 15) is 4.79 Å². The van der Waals surface area contributed by atoms with E-state index in [1.54, 1.807) is 23.1 Å². The first-order valence-corrected chi connectivity index (χ1v) is 9.79. The number of thioether (sulfide) groups is 1. The first-order valence-electron chi connectivity index (χ1n) is 7.75. The van der Waals surface area contributed by atoms with Crippen LogP contribution in [0.1, 0.15) is 34.8 Å². The largest absolute Gasteiger partial charge is 0.298 e. The van der Waals surface area contributed by atoms with Gasteiger partial charge in [0.25, 0.3) is 5.91 Å². The van der Waals surface area contributed by atoms with Gasteiger partial charge in [0.05, 0.1) is 5.69 Å². The number of carbonyl (C=O) groups excluding carboxylic acids is 1. The molecule has 2 aromatic rings. The first kappa shape index (κ1) is 16.5. The summed E-state index contributed by atoms with van der Waals surface area (Å²) in [6.07, 6.45) is 2.98. The normalized spacial score (nSPS) is 14.8. The molecule has 1 amide bonds. The second-order valence-corrected chi connectivity index (χ2v) is 7.85. The predicted molar refractivity (Wildman–Crippen MR) is 97.5 cm³/mol.